The summed E-state index contributed by atoms with van der Waals surface area (Å²) in [4.78, 5) is 3.90. The predicted molar refractivity (Wildman–Crippen MR) is 107 cm³/mol. The highest BCUT2D eigenvalue weighted by atomic mass is 32.2. The van der Waals surface area contributed by atoms with E-state index in [1.807, 2.05) is 11.3 Å². The van der Waals surface area contributed by atoms with Gasteiger partial charge in [0.15, 0.2) is 0 Å². The molecule has 2 heterocycles. The zero-order valence-electron chi connectivity index (χ0n) is 15.7. The topological polar surface area (TPSA) is 67.9 Å². The number of benzene rings is 1. The number of hydrogen-bond donors (Lipinski definition) is 1. The Hall–Kier alpha value is -1.61. The molecule has 0 spiro atoms. The van der Waals surface area contributed by atoms with E-state index in [1.165, 1.54) is 25.2 Å². The van der Waals surface area contributed by atoms with E-state index in [0.717, 1.165) is 25.9 Å². The molecule has 8 heteroatoms. The van der Waals surface area contributed by atoms with Crippen LogP contribution in [0.4, 0.5) is 0 Å². The highest BCUT2D eigenvalue weighted by molar-refractivity contribution is 7.89. The van der Waals surface area contributed by atoms with Crippen molar-refractivity contribution in [2.75, 3.05) is 40.4 Å². The van der Waals surface area contributed by atoms with E-state index in [-0.39, 0.29) is 10.6 Å². The van der Waals surface area contributed by atoms with E-state index >= 15 is 0 Å². The van der Waals surface area contributed by atoms with Gasteiger partial charge in [-0.1, -0.05) is 6.07 Å². The van der Waals surface area contributed by atoms with Crippen molar-refractivity contribution in [1.82, 2.24) is 9.62 Å². The second-order valence-corrected chi connectivity index (χ2v) is 9.26. The van der Waals surface area contributed by atoms with E-state index in [9.17, 15) is 8.42 Å². The molecule has 0 aliphatic carbocycles. The predicted octanol–water partition coefficient (Wildman–Crippen LogP) is 2.92. The molecule has 2 aromatic rings. The first-order chi connectivity index (χ1) is 13.0. The average Bonchev–Trinajstić information content (AvgIpc) is 3.22. The lowest BCUT2D eigenvalue weighted by atomic mass is 9.95. The Morgan fingerprint density at radius 1 is 1.19 bits per heavy atom. The van der Waals surface area contributed by atoms with Crippen LogP contribution in [0.1, 0.15) is 23.6 Å². The number of nitrogens with one attached hydrogen (secondary N) is 1. The van der Waals surface area contributed by atoms with Crippen molar-refractivity contribution < 1.29 is 17.9 Å². The van der Waals surface area contributed by atoms with Gasteiger partial charge in [-0.2, -0.15) is 0 Å². The minimum absolute atomic E-state index is 0.127. The molecule has 1 aromatic heterocycles. The van der Waals surface area contributed by atoms with Crippen LogP contribution in [0.15, 0.2) is 40.6 Å². The fourth-order valence-electron chi connectivity index (χ4n) is 3.38. The maximum absolute atomic E-state index is 12.6. The Labute approximate surface area is 165 Å². The lowest BCUT2D eigenvalue weighted by molar-refractivity contribution is 0.217. The number of thiophene rings is 1. The summed E-state index contributed by atoms with van der Waals surface area (Å²) < 4.78 is 38.2. The molecule has 1 saturated heterocycles. The molecule has 6 nitrogen and oxygen atoms in total. The van der Waals surface area contributed by atoms with Gasteiger partial charge in [0.2, 0.25) is 10.0 Å². The van der Waals surface area contributed by atoms with Crippen molar-refractivity contribution in [3.63, 3.8) is 0 Å². The maximum atomic E-state index is 12.6. The van der Waals surface area contributed by atoms with Crippen molar-refractivity contribution in [3.05, 3.63) is 40.6 Å². The molecule has 0 amide bonds. The van der Waals surface area contributed by atoms with Gasteiger partial charge in [0.05, 0.1) is 14.2 Å². The number of sulfonamides is 1. The minimum Gasteiger partial charge on any atom is -0.497 e. The van der Waals surface area contributed by atoms with Gasteiger partial charge in [0, 0.05) is 24.0 Å². The van der Waals surface area contributed by atoms with Crippen LogP contribution in [0.2, 0.25) is 0 Å². The van der Waals surface area contributed by atoms with Gasteiger partial charge in [0.25, 0.3) is 0 Å². The van der Waals surface area contributed by atoms with E-state index in [0.29, 0.717) is 24.8 Å². The SMILES string of the molecule is COc1ccc(S(=O)(=O)NCCN2CCC(c3cccs3)CC2)c(OC)c1. The first-order valence-corrected chi connectivity index (χ1v) is 11.4. The minimum atomic E-state index is -3.63. The van der Waals surface area contributed by atoms with Gasteiger partial charge in [-0.3, -0.25) is 0 Å². The number of methoxy groups -OCH3 is 2. The molecule has 1 aliphatic rings. The van der Waals surface area contributed by atoms with Gasteiger partial charge >= 0.3 is 0 Å². The van der Waals surface area contributed by atoms with E-state index < -0.39 is 10.0 Å². The fraction of sp³-hybridized carbons (Fsp3) is 0.474. The summed E-state index contributed by atoms with van der Waals surface area (Å²) in [5, 5.41) is 2.13. The van der Waals surface area contributed by atoms with Crippen LogP contribution < -0.4 is 14.2 Å². The number of nitrogens with zero attached hydrogens (tertiary/aromatic N) is 1. The van der Waals surface area contributed by atoms with E-state index in [4.69, 9.17) is 9.47 Å². The standard InChI is InChI=1S/C19H26N2O4S2/c1-24-16-5-6-19(17(14-16)25-2)27(22,23)20-9-12-21-10-7-15(8-11-21)18-4-3-13-26-18/h3-6,13-15,20H,7-12H2,1-2H3. The number of piperidine rings is 1. The molecule has 1 aromatic carbocycles. The molecule has 0 unspecified atom stereocenters. The van der Waals surface area contributed by atoms with Crippen LogP contribution in [0.25, 0.3) is 0 Å². The second-order valence-electron chi connectivity index (χ2n) is 6.55. The van der Waals surface area contributed by atoms with Crippen LogP contribution in [0, 0.1) is 0 Å². The Morgan fingerprint density at radius 3 is 2.59 bits per heavy atom. The van der Waals surface area contributed by atoms with Gasteiger partial charge in [0.1, 0.15) is 16.4 Å². The van der Waals surface area contributed by atoms with Crippen molar-refractivity contribution >= 4 is 21.4 Å². The Balaban J connectivity index is 1.51. The Morgan fingerprint density at radius 2 is 1.96 bits per heavy atom. The molecular weight excluding hydrogens is 384 g/mol. The number of rotatable bonds is 8. The fourth-order valence-corrected chi connectivity index (χ4v) is 5.45. The van der Waals surface area contributed by atoms with Crippen molar-refractivity contribution in [2.24, 2.45) is 0 Å². The van der Waals surface area contributed by atoms with Crippen LogP contribution in [-0.4, -0.2) is 53.7 Å². The van der Waals surface area contributed by atoms with Crippen molar-refractivity contribution in [1.29, 1.82) is 0 Å². The maximum Gasteiger partial charge on any atom is 0.244 e. The molecule has 1 aliphatic heterocycles. The van der Waals surface area contributed by atoms with Gasteiger partial charge in [-0.15, -0.1) is 11.3 Å². The molecule has 1 N–H and O–H groups in total. The zero-order chi connectivity index (χ0) is 19.3. The summed E-state index contributed by atoms with van der Waals surface area (Å²) in [5.74, 6) is 1.47. The van der Waals surface area contributed by atoms with E-state index in [1.54, 1.807) is 12.1 Å². The van der Waals surface area contributed by atoms with Crippen molar-refractivity contribution in [2.45, 2.75) is 23.7 Å². The third-order valence-electron chi connectivity index (χ3n) is 4.91. The lowest BCUT2D eigenvalue weighted by Crippen LogP contribution is -2.39. The van der Waals surface area contributed by atoms with Crippen molar-refractivity contribution in [3.8, 4) is 11.5 Å². The molecule has 27 heavy (non-hydrogen) atoms. The van der Waals surface area contributed by atoms with Crippen LogP contribution in [-0.2, 0) is 10.0 Å². The third kappa shape index (κ3) is 5.01. The van der Waals surface area contributed by atoms with Crippen LogP contribution in [0.5, 0.6) is 11.5 Å². The zero-order valence-corrected chi connectivity index (χ0v) is 17.3. The molecule has 0 radical (unpaired) electrons. The highest BCUT2D eigenvalue weighted by Crippen LogP contribution is 2.31. The van der Waals surface area contributed by atoms with Crippen LogP contribution >= 0.6 is 11.3 Å². The largest absolute Gasteiger partial charge is 0.497 e. The highest BCUT2D eigenvalue weighted by Gasteiger charge is 2.23. The summed E-state index contributed by atoms with van der Waals surface area (Å²) in [6.07, 6.45) is 2.25. The van der Waals surface area contributed by atoms with E-state index in [2.05, 4.69) is 27.1 Å². The summed E-state index contributed by atoms with van der Waals surface area (Å²) in [6.45, 7) is 3.07. The first-order valence-electron chi connectivity index (χ1n) is 9.01. The second kappa shape index (κ2) is 9.05. The number of ether oxygens (including phenoxy) is 2. The van der Waals surface area contributed by atoms with Gasteiger partial charge in [-0.25, -0.2) is 13.1 Å². The monoisotopic (exact) mass is 410 g/mol. The summed E-state index contributed by atoms with van der Waals surface area (Å²) in [7, 11) is -0.650. The molecule has 3 rings (SSSR count). The third-order valence-corrected chi connectivity index (χ3v) is 7.45. The number of hydrogen-bond acceptors (Lipinski definition) is 6. The summed E-state index contributed by atoms with van der Waals surface area (Å²) in [5.41, 5.74) is 0. The molecule has 0 saturated carbocycles. The summed E-state index contributed by atoms with van der Waals surface area (Å²) >= 11 is 1.82. The molecular formula is C19H26N2O4S2. The normalized spacial score (nSPS) is 16.4. The van der Waals surface area contributed by atoms with Crippen LogP contribution in [0.3, 0.4) is 0 Å². The summed E-state index contributed by atoms with van der Waals surface area (Å²) in [6, 6.07) is 9.01. The molecule has 0 bridgehead atoms. The van der Waals surface area contributed by atoms with Gasteiger partial charge in [-0.05, 0) is 55.4 Å². The smallest absolute Gasteiger partial charge is 0.244 e. The first kappa shape index (κ1) is 20.1. The molecule has 0 atom stereocenters. The Kier molecular flexibility index (Phi) is 6.75. The molecule has 1 fully saturated rings. The lowest BCUT2D eigenvalue weighted by Gasteiger charge is -2.31. The van der Waals surface area contributed by atoms with Gasteiger partial charge < -0.3 is 14.4 Å². The number of likely N-dealkylation sites (tertiary alicyclic amines) is 1. The molecule has 148 valence electrons. The average molecular weight is 411 g/mol. The Bertz CT molecular complexity index is 829. The quantitative estimate of drug-likeness (QED) is 0.725.